The van der Waals surface area contributed by atoms with Gasteiger partial charge >= 0.3 is 6.18 Å². The number of nitrogens with one attached hydrogen (secondary N) is 1. The van der Waals surface area contributed by atoms with Crippen LogP contribution in [-0.4, -0.2) is 38.1 Å². The molecule has 1 aliphatic heterocycles. The number of halogens is 3. The van der Waals surface area contributed by atoms with Gasteiger partial charge < -0.3 is 16.0 Å². The van der Waals surface area contributed by atoms with Gasteiger partial charge in [-0.1, -0.05) is 0 Å². The summed E-state index contributed by atoms with van der Waals surface area (Å²) in [6.07, 6.45) is -3.13. The van der Waals surface area contributed by atoms with E-state index in [-0.39, 0.29) is 35.6 Å². The normalized spacial score (nSPS) is 16.1. The fourth-order valence-electron chi connectivity index (χ4n) is 3.50. The molecule has 0 saturated carbocycles. The molecule has 0 aliphatic carbocycles. The van der Waals surface area contributed by atoms with E-state index in [1.54, 1.807) is 13.8 Å². The van der Waals surface area contributed by atoms with Crippen molar-refractivity contribution in [1.82, 2.24) is 19.7 Å². The van der Waals surface area contributed by atoms with E-state index in [2.05, 4.69) is 20.4 Å². The van der Waals surface area contributed by atoms with Gasteiger partial charge in [0.05, 0.1) is 23.5 Å². The molecular weight excluding hydrogens is 427 g/mol. The average Bonchev–Trinajstić information content (AvgIpc) is 3.14. The van der Waals surface area contributed by atoms with Crippen LogP contribution in [0.25, 0.3) is 0 Å². The van der Waals surface area contributed by atoms with Crippen molar-refractivity contribution in [2.45, 2.75) is 26.1 Å². The van der Waals surface area contributed by atoms with Crippen molar-refractivity contribution in [1.29, 1.82) is 0 Å². The number of benzene rings is 1. The lowest BCUT2D eigenvalue weighted by atomic mass is 10.1. The van der Waals surface area contributed by atoms with Gasteiger partial charge in [-0.3, -0.25) is 14.3 Å². The zero-order chi connectivity index (χ0) is 23.2. The molecule has 1 atom stereocenters. The summed E-state index contributed by atoms with van der Waals surface area (Å²) in [5.74, 6) is -1.18. The summed E-state index contributed by atoms with van der Waals surface area (Å²) in [5, 5.41) is 6.80. The zero-order valence-corrected chi connectivity index (χ0v) is 17.0. The highest BCUT2D eigenvalue weighted by Crippen LogP contribution is 2.33. The maximum absolute atomic E-state index is 13.2. The van der Waals surface area contributed by atoms with Crippen LogP contribution in [0.3, 0.4) is 0 Å². The Kier molecular flexibility index (Phi) is 5.07. The third-order valence-corrected chi connectivity index (χ3v) is 4.97. The molecule has 0 radical (unpaired) electrons. The second-order valence-electron chi connectivity index (χ2n) is 7.37. The van der Waals surface area contributed by atoms with Gasteiger partial charge in [0.15, 0.2) is 5.69 Å². The Balaban J connectivity index is 1.64. The smallest absolute Gasteiger partial charge is 0.368 e. The molecule has 3 N–H and O–H groups in total. The minimum Gasteiger partial charge on any atom is -0.368 e. The highest BCUT2D eigenvalue weighted by Gasteiger charge is 2.35. The van der Waals surface area contributed by atoms with Crippen LogP contribution in [0.15, 0.2) is 36.5 Å². The lowest BCUT2D eigenvalue weighted by Crippen LogP contribution is -2.43. The van der Waals surface area contributed by atoms with Crippen LogP contribution in [0.1, 0.15) is 45.2 Å². The first-order valence-corrected chi connectivity index (χ1v) is 9.53. The number of alkyl halides is 3. The SMILES string of the molecule is Cc1cc(C(=O)Nc2cnn3c2C(=O)N(c2ccc(C(F)(F)F)cc2)C[C@@H]3C)nc(N)n1. The van der Waals surface area contributed by atoms with Gasteiger partial charge in [0.2, 0.25) is 5.95 Å². The van der Waals surface area contributed by atoms with E-state index in [4.69, 9.17) is 5.73 Å². The number of carbonyl (C=O) groups excluding carboxylic acids is 2. The average molecular weight is 445 g/mol. The minimum absolute atomic E-state index is 0.0193. The molecule has 12 heteroatoms. The fraction of sp³-hybridized carbons (Fsp3) is 0.250. The molecule has 0 bridgehead atoms. The molecule has 1 aromatic carbocycles. The summed E-state index contributed by atoms with van der Waals surface area (Å²) in [4.78, 5) is 35.0. The Bertz CT molecular complexity index is 1180. The molecule has 0 saturated heterocycles. The number of rotatable bonds is 3. The first-order valence-electron chi connectivity index (χ1n) is 9.53. The van der Waals surface area contributed by atoms with Gasteiger partial charge in [0.1, 0.15) is 5.69 Å². The molecule has 32 heavy (non-hydrogen) atoms. The number of hydrogen-bond donors (Lipinski definition) is 2. The number of nitrogens with zero attached hydrogens (tertiary/aromatic N) is 5. The Morgan fingerprint density at radius 2 is 1.91 bits per heavy atom. The largest absolute Gasteiger partial charge is 0.416 e. The third-order valence-electron chi connectivity index (χ3n) is 4.97. The number of carbonyl (C=O) groups is 2. The van der Waals surface area contributed by atoms with E-state index in [0.717, 1.165) is 12.1 Å². The molecule has 1 aliphatic rings. The van der Waals surface area contributed by atoms with Crippen molar-refractivity contribution in [3.63, 3.8) is 0 Å². The highest BCUT2D eigenvalue weighted by molar-refractivity contribution is 6.12. The van der Waals surface area contributed by atoms with Crippen LogP contribution in [0.2, 0.25) is 0 Å². The molecule has 166 valence electrons. The van der Waals surface area contributed by atoms with Gasteiger partial charge in [-0.05, 0) is 44.2 Å². The van der Waals surface area contributed by atoms with Crippen molar-refractivity contribution in [3.05, 3.63) is 59.2 Å². The van der Waals surface area contributed by atoms with Crippen molar-refractivity contribution < 1.29 is 22.8 Å². The van der Waals surface area contributed by atoms with E-state index < -0.39 is 23.6 Å². The zero-order valence-electron chi connectivity index (χ0n) is 17.0. The Morgan fingerprint density at radius 1 is 1.22 bits per heavy atom. The first-order chi connectivity index (χ1) is 15.0. The van der Waals surface area contributed by atoms with E-state index >= 15 is 0 Å². The summed E-state index contributed by atoms with van der Waals surface area (Å²) >= 11 is 0. The number of aromatic nitrogens is 4. The van der Waals surface area contributed by atoms with Crippen molar-refractivity contribution in [3.8, 4) is 0 Å². The monoisotopic (exact) mass is 445 g/mol. The molecule has 0 fully saturated rings. The van der Waals surface area contributed by atoms with Gasteiger partial charge in [0.25, 0.3) is 11.8 Å². The number of amides is 2. The summed E-state index contributed by atoms with van der Waals surface area (Å²) in [7, 11) is 0. The number of nitrogens with two attached hydrogens (primary N) is 1. The number of fused-ring (bicyclic) bond motifs is 1. The summed E-state index contributed by atoms with van der Waals surface area (Å²) in [6, 6.07) is 5.48. The Labute approximate surface area is 180 Å². The van der Waals surface area contributed by atoms with Crippen LogP contribution in [0, 0.1) is 6.92 Å². The fourth-order valence-corrected chi connectivity index (χ4v) is 3.50. The number of hydrogen-bond acceptors (Lipinski definition) is 6. The second-order valence-corrected chi connectivity index (χ2v) is 7.37. The van der Waals surface area contributed by atoms with Crippen LogP contribution in [-0.2, 0) is 6.18 Å². The standard InChI is InChI=1S/C20H18F3N7O2/c1-10-7-14(28-19(24)26-10)17(31)27-15-8-25-30-11(2)9-29(18(32)16(15)30)13-5-3-12(4-6-13)20(21,22)23/h3-8,11H,9H2,1-2H3,(H,27,31)(H2,24,26,28)/t11-/m0/s1. The molecule has 2 aromatic heterocycles. The second kappa shape index (κ2) is 7.62. The van der Waals surface area contributed by atoms with E-state index in [1.807, 2.05) is 0 Å². The number of nitrogen functional groups attached to an aromatic ring is 1. The van der Waals surface area contributed by atoms with Gasteiger partial charge in [-0.2, -0.15) is 18.3 Å². The Hall–Kier alpha value is -3.96. The highest BCUT2D eigenvalue weighted by atomic mass is 19.4. The molecule has 0 spiro atoms. The summed E-state index contributed by atoms with van der Waals surface area (Å²) in [6.45, 7) is 3.66. The lowest BCUT2D eigenvalue weighted by molar-refractivity contribution is -0.137. The molecule has 3 heterocycles. The summed E-state index contributed by atoms with van der Waals surface area (Å²) < 4.78 is 40.1. The van der Waals surface area contributed by atoms with E-state index in [9.17, 15) is 22.8 Å². The maximum Gasteiger partial charge on any atom is 0.416 e. The van der Waals surface area contributed by atoms with Gasteiger partial charge in [0, 0.05) is 17.9 Å². The van der Waals surface area contributed by atoms with E-state index in [1.165, 1.54) is 34.0 Å². The van der Waals surface area contributed by atoms with Crippen molar-refractivity contribution >= 4 is 29.1 Å². The maximum atomic E-state index is 13.2. The van der Waals surface area contributed by atoms with Crippen LogP contribution in [0.5, 0.6) is 0 Å². The predicted molar refractivity (Wildman–Crippen MR) is 109 cm³/mol. The Morgan fingerprint density at radius 3 is 2.53 bits per heavy atom. The molecule has 4 rings (SSSR count). The van der Waals surface area contributed by atoms with Gasteiger partial charge in [-0.25, -0.2) is 9.97 Å². The van der Waals surface area contributed by atoms with Gasteiger partial charge in [-0.15, -0.1) is 0 Å². The lowest BCUT2D eigenvalue weighted by Gasteiger charge is -2.32. The third kappa shape index (κ3) is 3.86. The van der Waals surface area contributed by atoms with Crippen LogP contribution >= 0.6 is 0 Å². The topological polar surface area (TPSA) is 119 Å². The first kappa shape index (κ1) is 21.3. The quantitative estimate of drug-likeness (QED) is 0.640. The predicted octanol–water partition coefficient (Wildman–Crippen LogP) is 3.06. The number of anilines is 3. The molecule has 9 nitrogen and oxygen atoms in total. The minimum atomic E-state index is -4.48. The van der Waals surface area contributed by atoms with Crippen molar-refractivity contribution in [2.24, 2.45) is 0 Å². The molecule has 0 unspecified atom stereocenters. The summed E-state index contributed by atoms with van der Waals surface area (Å²) in [5.41, 5.74) is 5.86. The van der Waals surface area contributed by atoms with Crippen molar-refractivity contribution in [2.75, 3.05) is 22.5 Å². The molecule has 3 aromatic rings. The van der Waals surface area contributed by atoms with Crippen LogP contribution < -0.4 is 16.0 Å². The molecule has 2 amide bonds. The van der Waals surface area contributed by atoms with Crippen LogP contribution in [0.4, 0.5) is 30.5 Å². The molecular formula is C20H18F3N7O2. The number of aryl methyl sites for hydroxylation is 1. The van der Waals surface area contributed by atoms with E-state index in [0.29, 0.717) is 11.4 Å².